The zero-order valence-electron chi connectivity index (χ0n) is 15.5. The summed E-state index contributed by atoms with van der Waals surface area (Å²) in [5, 5.41) is 10.6. The van der Waals surface area contributed by atoms with Crippen molar-refractivity contribution in [3.8, 4) is 0 Å². The Balaban J connectivity index is 1.92. The van der Waals surface area contributed by atoms with Crippen LogP contribution in [0.3, 0.4) is 0 Å². The fraction of sp³-hybridized carbons (Fsp3) is 0.700. The molecule has 25 heavy (non-hydrogen) atoms. The number of carbonyl (C=O) groups is 2. The molecule has 5 heteroatoms. The zero-order valence-corrected chi connectivity index (χ0v) is 15.5. The van der Waals surface area contributed by atoms with E-state index < -0.39 is 17.6 Å². The molecule has 138 valence electrons. The van der Waals surface area contributed by atoms with Gasteiger partial charge in [0.05, 0.1) is 5.92 Å². The van der Waals surface area contributed by atoms with E-state index in [0.29, 0.717) is 18.4 Å². The van der Waals surface area contributed by atoms with Gasteiger partial charge in [0, 0.05) is 16.9 Å². The van der Waals surface area contributed by atoms with Crippen LogP contribution in [0.1, 0.15) is 47.0 Å². The van der Waals surface area contributed by atoms with Gasteiger partial charge in [-0.25, -0.2) is 4.79 Å². The highest BCUT2D eigenvalue weighted by molar-refractivity contribution is 5.90. The normalized spacial score (nSPS) is 41.3. The Kier molecular flexibility index (Phi) is 4.56. The molecule has 0 unspecified atom stereocenters. The van der Waals surface area contributed by atoms with E-state index in [-0.39, 0.29) is 35.8 Å². The van der Waals surface area contributed by atoms with Gasteiger partial charge in [0.1, 0.15) is 18.3 Å². The number of hydrogen-bond donors (Lipinski definition) is 1. The number of rotatable bonds is 3. The third-order valence-electron chi connectivity index (χ3n) is 6.54. The van der Waals surface area contributed by atoms with E-state index in [1.807, 2.05) is 27.7 Å². The minimum absolute atomic E-state index is 0.00934. The van der Waals surface area contributed by atoms with Crippen LogP contribution in [-0.4, -0.2) is 35.4 Å². The Morgan fingerprint density at radius 1 is 1.56 bits per heavy atom. The molecule has 0 aromatic carbocycles. The monoisotopic (exact) mass is 348 g/mol. The first-order valence-corrected chi connectivity index (χ1v) is 9.15. The van der Waals surface area contributed by atoms with Gasteiger partial charge >= 0.3 is 11.9 Å². The number of ether oxygens (including phenoxy) is 2. The molecule has 2 aliphatic carbocycles. The molecule has 1 saturated carbocycles. The van der Waals surface area contributed by atoms with Crippen LogP contribution >= 0.6 is 0 Å². The third kappa shape index (κ3) is 2.82. The van der Waals surface area contributed by atoms with Gasteiger partial charge in [-0.3, -0.25) is 4.79 Å². The van der Waals surface area contributed by atoms with Gasteiger partial charge in [-0.15, -0.1) is 0 Å². The summed E-state index contributed by atoms with van der Waals surface area (Å²) >= 11 is 0. The van der Waals surface area contributed by atoms with E-state index in [1.54, 1.807) is 6.08 Å². The summed E-state index contributed by atoms with van der Waals surface area (Å²) in [6.45, 7) is 11.7. The number of aliphatic hydroxyl groups excluding tert-OH is 1. The number of allylic oxidation sites excluding steroid dienone is 1. The second-order valence-corrected chi connectivity index (χ2v) is 8.14. The highest BCUT2D eigenvalue weighted by atomic mass is 16.6. The van der Waals surface area contributed by atoms with Gasteiger partial charge in [-0.2, -0.15) is 0 Å². The lowest BCUT2D eigenvalue weighted by Gasteiger charge is -2.53. The van der Waals surface area contributed by atoms with Crippen LogP contribution in [-0.2, 0) is 19.1 Å². The summed E-state index contributed by atoms with van der Waals surface area (Å²) in [7, 11) is 0. The molecule has 3 aliphatic rings. The van der Waals surface area contributed by atoms with Crippen molar-refractivity contribution in [3.63, 3.8) is 0 Å². The molecule has 0 aromatic rings. The average Bonchev–Trinajstić information content (AvgIpc) is 2.82. The van der Waals surface area contributed by atoms with E-state index >= 15 is 0 Å². The van der Waals surface area contributed by atoms with Gasteiger partial charge in [0.25, 0.3) is 0 Å². The quantitative estimate of drug-likeness (QED) is 0.482. The molecular weight excluding hydrogens is 320 g/mol. The first-order chi connectivity index (χ1) is 11.7. The van der Waals surface area contributed by atoms with E-state index in [4.69, 9.17) is 9.47 Å². The molecule has 0 aromatic heterocycles. The van der Waals surface area contributed by atoms with E-state index in [2.05, 4.69) is 6.58 Å². The number of fused-ring (bicyclic) bond motifs is 2. The molecule has 1 saturated heterocycles. The lowest BCUT2D eigenvalue weighted by atomic mass is 9.55. The van der Waals surface area contributed by atoms with Crippen LogP contribution in [0.15, 0.2) is 23.8 Å². The molecule has 3 rings (SSSR count). The van der Waals surface area contributed by atoms with Gasteiger partial charge < -0.3 is 14.6 Å². The van der Waals surface area contributed by atoms with Crippen molar-refractivity contribution in [1.82, 2.24) is 0 Å². The third-order valence-corrected chi connectivity index (χ3v) is 6.54. The highest BCUT2D eigenvalue weighted by Gasteiger charge is 2.58. The highest BCUT2D eigenvalue weighted by Crippen LogP contribution is 2.56. The molecule has 1 heterocycles. The summed E-state index contributed by atoms with van der Waals surface area (Å²) in [4.78, 5) is 24.3. The smallest absolute Gasteiger partial charge is 0.334 e. The molecule has 0 spiro atoms. The predicted octanol–water partition coefficient (Wildman–Crippen LogP) is 2.78. The maximum atomic E-state index is 12.4. The Hall–Kier alpha value is -1.62. The number of hydrogen-bond acceptors (Lipinski definition) is 5. The van der Waals surface area contributed by atoms with Gasteiger partial charge in [-0.1, -0.05) is 39.0 Å². The fourth-order valence-electron chi connectivity index (χ4n) is 4.74. The van der Waals surface area contributed by atoms with E-state index in [1.165, 1.54) is 0 Å². The SMILES string of the molecule is C=C1C(=O)O[C@@H]2C[C@@]3(C)[C@@H](C[C@@H]12)C(C)=C[C@@H](O)[C@@H]3OC(=O)[C@H](C)CC. The summed E-state index contributed by atoms with van der Waals surface area (Å²) in [6, 6.07) is 0. The molecular formula is C20H28O5. The van der Waals surface area contributed by atoms with Crippen LogP contribution in [0.2, 0.25) is 0 Å². The zero-order chi connectivity index (χ0) is 18.5. The molecule has 2 fully saturated rings. The molecule has 5 nitrogen and oxygen atoms in total. The maximum absolute atomic E-state index is 12.4. The van der Waals surface area contributed by atoms with E-state index in [0.717, 1.165) is 12.0 Å². The minimum atomic E-state index is -0.842. The molecule has 0 amide bonds. The molecule has 1 aliphatic heterocycles. The van der Waals surface area contributed by atoms with Crippen molar-refractivity contribution in [2.45, 2.75) is 65.3 Å². The number of carbonyl (C=O) groups excluding carboxylic acids is 2. The Bertz CT molecular complexity index is 636. The summed E-state index contributed by atoms with van der Waals surface area (Å²) in [6.07, 6.45) is 2.07. The Labute approximate surface area is 149 Å². The lowest BCUT2D eigenvalue weighted by Crippen LogP contribution is -2.56. The predicted molar refractivity (Wildman–Crippen MR) is 92.4 cm³/mol. The summed E-state index contributed by atoms with van der Waals surface area (Å²) in [5.74, 6) is -0.683. The average molecular weight is 348 g/mol. The van der Waals surface area contributed by atoms with Crippen molar-refractivity contribution in [1.29, 1.82) is 0 Å². The van der Waals surface area contributed by atoms with Gasteiger partial charge in [0.2, 0.25) is 0 Å². The van der Waals surface area contributed by atoms with Crippen molar-refractivity contribution in [2.24, 2.45) is 23.2 Å². The van der Waals surface area contributed by atoms with Crippen molar-refractivity contribution < 1.29 is 24.2 Å². The largest absolute Gasteiger partial charge is 0.458 e. The van der Waals surface area contributed by atoms with Crippen LogP contribution in [0.5, 0.6) is 0 Å². The Morgan fingerprint density at radius 2 is 2.24 bits per heavy atom. The standard InChI is InChI=1S/C20H28O5/c1-6-10(2)18(22)25-17-15(21)7-11(3)14-8-13-12(4)19(23)24-16(13)9-20(14,17)5/h7,10,13-17,21H,4,6,8-9H2,1-3,5H3/t10-,13+,14+,15-,16-,17+,20+/m1/s1. The topological polar surface area (TPSA) is 72.8 Å². The molecule has 7 atom stereocenters. The maximum Gasteiger partial charge on any atom is 0.334 e. The van der Waals surface area contributed by atoms with E-state index in [9.17, 15) is 14.7 Å². The minimum Gasteiger partial charge on any atom is -0.458 e. The summed E-state index contributed by atoms with van der Waals surface area (Å²) in [5.41, 5.74) is 1.16. The van der Waals surface area contributed by atoms with Crippen LogP contribution in [0.25, 0.3) is 0 Å². The second kappa shape index (κ2) is 6.27. The van der Waals surface area contributed by atoms with Crippen LogP contribution in [0.4, 0.5) is 0 Å². The molecule has 1 N–H and O–H groups in total. The van der Waals surface area contributed by atoms with Gasteiger partial charge in [-0.05, 0) is 32.1 Å². The fourth-order valence-corrected chi connectivity index (χ4v) is 4.74. The number of esters is 2. The Morgan fingerprint density at radius 3 is 2.88 bits per heavy atom. The van der Waals surface area contributed by atoms with Crippen LogP contribution in [0, 0.1) is 23.2 Å². The first kappa shape index (κ1) is 18.2. The molecule has 0 radical (unpaired) electrons. The van der Waals surface area contributed by atoms with Gasteiger partial charge in [0.15, 0.2) is 0 Å². The number of aliphatic hydroxyl groups is 1. The van der Waals surface area contributed by atoms with Crippen molar-refractivity contribution in [3.05, 3.63) is 23.8 Å². The van der Waals surface area contributed by atoms with Crippen molar-refractivity contribution >= 4 is 11.9 Å². The molecule has 0 bridgehead atoms. The summed E-state index contributed by atoms with van der Waals surface area (Å²) < 4.78 is 11.3. The first-order valence-electron chi connectivity index (χ1n) is 9.15. The van der Waals surface area contributed by atoms with Crippen molar-refractivity contribution in [2.75, 3.05) is 0 Å². The van der Waals surface area contributed by atoms with Crippen LogP contribution < -0.4 is 0 Å². The lowest BCUT2D eigenvalue weighted by molar-refractivity contribution is -0.182. The second-order valence-electron chi connectivity index (χ2n) is 8.14.